The number of aryl methyl sites for hydroxylation is 2. The molecule has 194 valence electrons. The van der Waals surface area contributed by atoms with E-state index in [0.29, 0.717) is 0 Å². The number of fused-ring (bicyclic) bond motifs is 3. The van der Waals surface area contributed by atoms with Gasteiger partial charge in [-0.25, -0.2) is 0 Å². The van der Waals surface area contributed by atoms with Gasteiger partial charge >= 0.3 is 0 Å². The highest BCUT2D eigenvalue weighted by molar-refractivity contribution is 7.05. The van der Waals surface area contributed by atoms with Gasteiger partial charge in [-0.15, -0.1) is 0 Å². The molecule has 3 rings (SSSR count). The fraction of sp³-hybridized carbons (Fsp3) is 0.625. The van der Waals surface area contributed by atoms with Crippen LogP contribution in [0.3, 0.4) is 0 Å². The number of methoxy groups -OCH3 is 1. The van der Waals surface area contributed by atoms with Crippen LogP contribution in [-0.2, 0) is 6.61 Å². The van der Waals surface area contributed by atoms with E-state index >= 15 is 0 Å². The van der Waals surface area contributed by atoms with Gasteiger partial charge < -0.3 is 9.84 Å². The molecule has 2 aromatic rings. The number of rotatable bonds is 16. The predicted octanol–water partition coefficient (Wildman–Crippen LogP) is 8.07. The van der Waals surface area contributed by atoms with Crippen LogP contribution in [0.4, 0.5) is 0 Å². The molecule has 2 aromatic carbocycles. The van der Waals surface area contributed by atoms with Crippen LogP contribution in [0.25, 0.3) is 11.1 Å². The SMILES string of the molecule is CCCCCCCC[Si]1(CCCCCCCC)c2cc(C)c(CO)cc2-c2cc(OC)c(C)cc21. The lowest BCUT2D eigenvalue weighted by Crippen LogP contribution is -2.55. The molecule has 0 atom stereocenters. The van der Waals surface area contributed by atoms with Crippen molar-refractivity contribution in [2.75, 3.05) is 7.11 Å². The van der Waals surface area contributed by atoms with E-state index in [0.717, 1.165) is 11.3 Å². The number of hydrogen-bond donors (Lipinski definition) is 1. The third-order valence-electron chi connectivity index (χ3n) is 8.42. The second-order valence-corrected chi connectivity index (χ2v) is 15.2. The molecule has 0 radical (unpaired) electrons. The Hall–Kier alpha value is -1.58. The summed E-state index contributed by atoms with van der Waals surface area (Å²) in [6.07, 6.45) is 16.3. The third-order valence-corrected chi connectivity index (χ3v) is 13.7. The summed E-state index contributed by atoms with van der Waals surface area (Å²) in [5.74, 6) is 0.991. The van der Waals surface area contributed by atoms with E-state index in [-0.39, 0.29) is 6.61 Å². The van der Waals surface area contributed by atoms with Crippen molar-refractivity contribution in [1.29, 1.82) is 0 Å². The zero-order chi connectivity index (χ0) is 25.3. The van der Waals surface area contributed by atoms with Gasteiger partial charge in [0.2, 0.25) is 0 Å². The Morgan fingerprint density at radius 2 is 1.14 bits per heavy atom. The minimum atomic E-state index is -1.88. The molecule has 0 bridgehead atoms. The Morgan fingerprint density at radius 1 is 0.657 bits per heavy atom. The van der Waals surface area contributed by atoms with Crippen LogP contribution in [0.1, 0.15) is 108 Å². The molecular weight excluding hydrogens is 444 g/mol. The molecule has 1 aliphatic rings. The normalized spacial score (nSPS) is 13.7. The fourth-order valence-electron chi connectivity index (χ4n) is 6.29. The fourth-order valence-corrected chi connectivity index (χ4v) is 12.0. The topological polar surface area (TPSA) is 29.5 Å². The highest BCUT2D eigenvalue weighted by Gasteiger charge is 2.45. The molecule has 0 saturated heterocycles. The van der Waals surface area contributed by atoms with Crippen LogP contribution < -0.4 is 15.1 Å². The zero-order valence-corrected chi connectivity index (χ0v) is 24.3. The van der Waals surface area contributed by atoms with Gasteiger partial charge in [0.05, 0.1) is 13.7 Å². The predicted molar refractivity (Wildman–Crippen MR) is 155 cm³/mol. The average molecular weight is 495 g/mol. The Labute approximate surface area is 216 Å². The highest BCUT2D eigenvalue weighted by atomic mass is 28.3. The Bertz CT molecular complexity index is 872. The first-order valence-corrected chi connectivity index (χ1v) is 16.9. The standard InChI is InChI=1S/C32H50O2Si/c1-6-8-10-12-14-16-18-35(19-17-15-13-11-9-7-2)31-20-25(3)27(24-33)22-28(31)29-23-30(34-5)26(4)21-32(29)35/h20-23,33H,6-19,24H2,1-5H3. The first-order valence-electron chi connectivity index (χ1n) is 14.5. The van der Waals surface area contributed by atoms with Crippen molar-refractivity contribution in [3.63, 3.8) is 0 Å². The van der Waals surface area contributed by atoms with Crippen LogP contribution in [0.2, 0.25) is 12.1 Å². The van der Waals surface area contributed by atoms with Crippen molar-refractivity contribution in [3.8, 4) is 16.9 Å². The lowest BCUT2D eigenvalue weighted by atomic mass is 9.99. The van der Waals surface area contributed by atoms with E-state index in [2.05, 4.69) is 52.0 Å². The van der Waals surface area contributed by atoms with Crippen molar-refractivity contribution < 1.29 is 9.84 Å². The molecule has 3 heteroatoms. The van der Waals surface area contributed by atoms with Gasteiger partial charge in [0.25, 0.3) is 0 Å². The monoisotopic (exact) mass is 494 g/mol. The maximum Gasteiger partial charge on any atom is 0.122 e. The van der Waals surface area contributed by atoms with E-state index in [1.807, 2.05) is 0 Å². The van der Waals surface area contributed by atoms with Crippen molar-refractivity contribution >= 4 is 18.4 Å². The Kier molecular flexibility index (Phi) is 10.9. The van der Waals surface area contributed by atoms with Crippen molar-refractivity contribution in [2.24, 2.45) is 0 Å². The number of benzene rings is 2. The van der Waals surface area contributed by atoms with Gasteiger partial charge in [0.1, 0.15) is 13.8 Å². The van der Waals surface area contributed by atoms with Crippen LogP contribution in [0.5, 0.6) is 5.75 Å². The smallest absolute Gasteiger partial charge is 0.122 e. The molecule has 35 heavy (non-hydrogen) atoms. The number of aliphatic hydroxyl groups is 1. The van der Waals surface area contributed by atoms with Gasteiger partial charge in [0, 0.05) is 0 Å². The van der Waals surface area contributed by atoms with Crippen LogP contribution >= 0.6 is 0 Å². The van der Waals surface area contributed by atoms with Gasteiger partial charge in [-0.2, -0.15) is 0 Å². The first kappa shape index (κ1) is 28.0. The lowest BCUT2D eigenvalue weighted by molar-refractivity contribution is 0.281. The van der Waals surface area contributed by atoms with Crippen molar-refractivity contribution in [2.45, 2.75) is 123 Å². The second kappa shape index (κ2) is 13.6. The molecule has 2 nitrogen and oxygen atoms in total. The summed E-state index contributed by atoms with van der Waals surface area (Å²) in [6.45, 7) is 9.11. The van der Waals surface area contributed by atoms with E-state index in [4.69, 9.17) is 4.74 Å². The quantitative estimate of drug-likeness (QED) is 0.189. The highest BCUT2D eigenvalue weighted by Crippen LogP contribution is 2.39. The molecule has 0 fully saturated rings. The molecular formula is C32H50O2Si. The summed E-state index contributed by atoms with van der Waals surface area (Å²) < 4.78 is 5.77. The molecule has 0 spiro atoms. The number of aliphatic hydroxyl groups excluding tert-OH is 1. The number of hydrogen-bond acceptors (Lipinski definition) is 2. The minimum absolute atomic E-state index is 0.112. The summed E-state index contributed by atoms with van der Waals surface area (Å²) in [7, 11) is -0.0941. The molecule has 0 unspecified atom stereocenters. The average Bonchev–Trinajstić information content (AvgIpc) is 3.10. The van der Waals surface area contributed by atoms with Crippen molar-refractivity contribution in [1.82, 2.24) is 0 Å². The molecule has 1 heterocycles. The van der Waals surface area contributed by atoms with Crippen LogP contribution in [0, 0.1) is 13.8 Å². The van der Waals surface area contributed by atoms with Gasteiger partial charge in [-0.1, -0.05) is 103 Å². The van der Waals surface area contributed by atoms with Gasteiger partial charge in [-0.05, 0) is 76.3 Å². The molecule has 0 aliphatic carbocycles. The lowest BCUT2D eigenvalue weighted by Gasteiger charge is -2.31. The summed E-state index contributed by atoms with van der Waals surface area (Å²) in [6, 6.07) is 12.3. The maximum atomic E-state index is 10.0. The van der Waals surface area contributed by atoms with Crippen LogP contribution in [0.15, 0.2) is 24.3 Å². The summed E-state index contributed by atoms with van der Waals surface area (Å²) in [5.41, 5.74) is 6.36. The summed E-state index contributed by atoms with van der Waals surface area (Å²) in [4.78, 5) is 0. The minimum Gasteiger partial charge on any atom is -0.496 e. The second-order valence-electron chi connectivity index (χ2n) is 11.0. The van der Waals surface area contributed by atoms with Crippen molar-refractivity contribution in [3.05, 3.63) is 41.0 Å². The summed E-state index contributed by atoms with van der Waals surface area (Å²) >= 11 is 0. The zero-order valence-electron chi connectivity index (χ0n) is 23.3. The van der Waals surface area contributed by atoms with Gasteiger partial charge in [0.15, 0.2) is 0 Å². The molecule has 1 aliphatic heterocycles. The largest absolute Gasteiger partial charge is 0.496 e. The molecule has 0 amide bonds. The Balaban J connectivity index is 1.99. The first-order chi connectivity index (χ1) is 17.0. The third kappa shape index (κ3) is 6.41. The molecule has 1 N–H and O–H groups in total. The molecule has 0 saturated carbocycles. The van der Waals surface area contributed by atoms with Gasteiger partial charge in [-0.3, -0.25) is 0 Å². The molecule has 0 aromatic heterocycles. The van der Waals surface area contributed by atoms with E-state index in [1.165, 1.54) is 111 Å². The summed E-state index contributed by atoms with van der Waals surface area (Å²) in [5, 5.41) is 13.3. The maximum absolute atomic E-state index is 10.0. The van der Waals surface area contributed by atoms with E-state index in [1.54, 1.807) is 17.5 Å². The van der Waals surface area contributed by atoms with E-state index in [9.17, 15) is 5.11 Å². The Morgan fingerprint density at radius 3 is 1.66 bits per heavy atom. The van der Waals surface area contributed by atoms with Crippen LogP contribution in [-0.4, -0.2) is 20.3 Å². The van der Waals surface area contributed by atoms with E-state index < -0.39 is 8.07 Å². The number of ether oxygens (including phenoxy) is 1. The number of unbranched alkanes of at least 4 members (excludes halogenated alkanes) is 10.